The molecule has 96 valence electrons. The molecule has 18 heavy (non-hydrogen) atoms. The molecule has 0 saturated carbocycles. The number of hydrogen-bond acceptors (Lipinski definition) is 2. The number of nitrogens with zero attached hydrogens (tertiary/aromatic N) is 2. The van der Waals surface area contributed by atoms with Gasteiger partial charge in [0.2, 0.25) is 0 Å². The molecule has 0 saturated heterocycles. The van der Waals surface area contributed by atoms with E-state index in [0.717, 1.165) is 23.4 Å². The molecule has 0 spiro atoms. The second-order valence-corrected chi connectivity index (χ2v) is 5.78. The highest BCUT2D eigenvalue weighted by atomic mass is 16.4. The SMILES string of the molecule is Cc1nc2cccc(C(=O)O)c2n1CC(C)(C)C. The molecule has 4 heteroatoms. The number of aryl methyl sites for hydroxylation is 1. The number of hydrogen-bond donors (Lipinski definition) is 1. The van der Waals surface area contributed by atoms with Crippen molar-refractivity contribution >= 4 is 17.0 Å². The van der Waals surface area contributed by atoms with E-state index < -0.39 is 5.97 Å². The third-order valence-corrected chi connectivity index (χ3v) is 2.82. The lowest BCUT2D eigenvalue weighted by Gasteiger charge is -2.21. The molecule has 1 aromatic heterocycles. The minimum atomic E-state index is -0.907. The van der Waals surface area contributed by atoms with E-state index in [1.165, 1.54) is 0 Å². The summed E-state index contributed by atoms with van der Waals surface area (Å²) in [4.78, 5) is 15.7. The first-order valence-corrected chi connectivity index (χ1v) is 5.99. The summed E-state index contributed by atoms with van der Waals surface area (Å²) in [6.07, 6.45) is 0. The molecule has 0 aliphatic rings. The minimum absolute atomic E-state index is 0.0734. The summed E-state index contributed by atoms with van der Waals surface area (Å²) in [5.41, 5.74) is 1.86. The van der Waals surface area contributed by atoms with Gasteiger partial charge < -0.3 is 9.67 Å². The molecule has 0 bridgehead atoms. The van der Waals surface area contributed by atoms with E-state index in [0.29, 0.717) is 5.56 Å². The van der Waals surface area contributed by atoms with Crippen LogP contribution in [0.25, 0.3) is 11.0 Å². The zero-order chi connectivity index (χ0) is 13.5. The standard InChI is InChI=1S/C14H18N2O2/c1-9-15-11-7-5-6-10(13(17)18)12(11)16(9)8-14(2,3)4/h5-7H,8H2,1-4H3,(H,17,18). The third-order valence-electron chi connectivity index (χ3n) is 2.82. The van der Waals surface area contributed by atoms with Crippen LogP contribution in [0, 0.1) is 12.3 Å². The Balaban J connectivity index is 2.71. The summed E-state index contributed by atoms with van der Waals surface area (Å²) in [6, 6.07) is 5.22. The van der Waals surface area contributed by atoms with Gasteiger partial charge in [0.25, 0.3) is 0 Å². The lowest BCUT2D eigenvalue weighted by atomic mass is 9.96. The van der Waals surface area contributed by atoms with Crippen molar-refractivity contribution in [1.82, 2.24) is 9.55 Å². The van der Waals surface area contributed by atoms with Gasteiger partial charge in [-0.3, -0.25) is 0 Å². The smallest absolute Gasteiger partial charge is 0.337 e. The van der Waals surface area contributed by atoms with E-state index in [9.17, 15) is 9.90 Å². The van der Waals surface area contributed by atoms with Crippen LogP contribution < -0.4 is 0 Å². The molecule has 0 unspecified atom stereocenters. The number of imidazole rings is 1. The van der Waals surface area contributed by atoms with Gasteiger partial charge in [-0.1, -0.05) is 26.8 Å². The van der Waals surface area contributed by atoms with Crippen LogP contribution in [0.4, 0.5) is 0 Å². The van der Waals surface area contributed by atoms with E-state index in [1.54, 1.807) is 12.1 Å². The number of carboxylic acids is 1. The number of rotatable bonds is 2. The Bertz CT molecular complexity index is 606. The van der Waals surface area contributed by atoms with Crippen molar-refractivity contribution in [3.63, 3.8) is 0 Å². The fourth-order valence-corrected chi connectivity index (χ4v) is 2.14. The Morgan fingerprint density at radius 1 is 1.39 bits per heavy atom. The monoisotopic (exact) mass is 246 g/mol. The van der Waals surface area contributed by atoms with Crippen LogP contribution in [-0.2, 0) is 6.54 Å². The zero-order valence-electron chi connectivity index (χ0n) is 11.2. The van der Waals surface area contributed by atoms with E-state index in [2.05, 4.69) is 25.8 Å². The normalized spacial score (nSPS) is 12.0. The Morgan fingerprint density at radius 3 is 2.61 bits per heavy atom. The maximum Gasteiger partial charge on any atom is 0.337 e. The number of para-hydroxylation sites is 1. The van der Waals surface area contributed by atoms with Crippen LogP contribution >= 0.6 is 0 Å². The lowest BCUT2D eigenvalue weighted by molar-refractivity contribution is 0.0698. The van der Waals surface area contributed by atoms with Gasteiger partial charge in [0, 0.05) is 6.54 Å². The summed E-state index contributed by atoms with van der Waals surface area (Å²) >= 11 is 0. The van der Waals surface area contributed by atoms with Crippen molar-refractivity contribution in [3.05, 3.63) is 29.6 Å². The second-order valence-electron chi connectivity index (χ2n) is 5.78. The molecule has 4 nitrogen and oxygen atoms in total. The number of aromatic nitrogens is 2. The van der Waals surface area contributed by atoms with E-state index in [4.69, 9.17) is 0 Å². The average molecular weight is 246 g/mol. The quantitative estimate of drug-likeness (QED) is 0.885. The molecule has 0 amide bonds. The molecule has 0 fully saturated rings. The first-order valence-electron chi connectivity index (χ1n) is 5.99. The highest BCUT2D eigenvalue weighted by Crippen LogP contribution is 2.25. The highest BCUT2D eigenvalue weighted by Gasteiger charge is 2.19. The van der Waals surface area contributed by atoms with Gasteiger partial charge in [0.1, 0.15) is 5.82 Å². The van der Waals surface area contributed by atoms with Crippen molar-refractivity contribution in [3.8, 4) is 0 Å². The van der Waals surface area contributed by atoms with Gasteiger partial charge in [-0.05, 0) is 24.5 Å². The van der Waals surface area contributed by atoms with E-state index >= 15 is 0 Å². The van der Waals surface area contributed by atoms with Gasteiger partial charge in [0.05, 0.1) is 16.6 Å². The summed E-state index contributed by atoms with van der Waals surface area (Å²) in [5, 5.41) is 9.27. The summed E-state index contributed by atoms with van der Waals surface area (Å²) in [6.45, 7) is 9.04. The first-order chi connectivity index (χ1) is 8.29. The van der Waals surface area contributed by atoms with Gasteiger partial charge >= 0.3 is 5.97 Å². The summed E-state index contributed by atoms with van der Waals surface area (Å²) < 4.78 is 2.00. The van der Waals surface area contributed by atoms with Gasteiger partial charge in [-0.25, -0.2) is 9.78 Å². The molecular formula is C14H18N2O2. The van der Waals surface area contributed by atoms with Crippen molar-refractivity contribution < 1.29 is 9.90 Å². The maximum absolute atomic E-state index is 11.3. The Hall–Kier alpha value is -1.84. The second kappa shape index (κ2) is 4.12. The summed E-state index contributed by atoms with van der Waals surface area (Å²) in [7, 11) is 0. The minimum Gasteiger partial charge on any atom is -0.478 e. The summed E-state index contributed by atoms with van der Waals surface area (Å²) in [5.74, 6) is -0.0516. The molecule has 2 aromatic rings. The van der Waals surface area contributed by atoms with E-state index in [-0.39, 0.29) is 5.41 Å². The maximum atomic E-state index is 11.3. The molecule has 1 aromatic carbocycles. The Morgan fingerprint density at radius 2 is 2.06 bits per heavy atom. The van der Waals surface area contributed by atoms with Gasteiger partial charge in [0.15, 0.2) is 0 Å². The van der Waals surface area contributed by atoms with Crippen molar-refractivity contribution in [1.29, 1.82) is 0 Å². The van der Waals surface area contributed by atoms with Crippen LogP contribution in [-0.4, -0.2) is 20.6 Å². The Labute approximate surface area is 106 Å². The largest absolute Gasteiger partial charge is 0.478 e. The zero-order valence-corrected chi connectivity index (χ0v) is 11.2. The van der Waals surface area contributed by atoms with Crippen LogP contribution in [0.3, 0.4) is 0 Å². The molecular weight excluding hydrogens is 228 g/mol. The number of aromatic carboxylic acids is 1. The predicted octanol–water partition coefficient (Wildman–Crippen LogP) is 3.09. The topological polar surface area (TPSA) is 55.1 Å². The number of carboxylic acid groups (broad SMARTS) is 1. The van der Waals surface area contributed by atoms with E-state index in [1.807, 2.05) is 17.6 Å². The first kappa shape index (κ1) is 12.6. The average Bonchev–Trinajstić information content (AvgIpc) is 2.53. The fraction of sp³-hybridized carbons (Fsp3) is 0.429. The third kappa shape index (κ3) is 2.23. The number of benzene rings is 1. The Kier molecular flexibility index (Phi) is 2.89. The molecule has 1 heterocycles. The van der Waals surface area contributed by atoms with Crippen LogP contribution in [0.1, 0.15) is 37.0 Å². The molecule has 0 atom stereocenters. The number of fused-ring (bicyclic) bond motifs is 1. The van der Waals surface area contributed by atoms with Crippen molar-refractivity contribution in [2.75, 3.05) is 0 Å². The molecule has 0 radical (unpaired) electrons. The molecule has 0 aliphatic carbocycles. The van der Waals surface area contributed by atoms with Crippen LogP contribution in [0.15, 0.2) is 18.2 Å². The fourth-order valence-electron chi connectivity index (χ4n) is 2.14. The van der Waals surface area contributed by atoms with Crippen LogP contribution in [0.5, 0.6) is 0 Å². The lowest BCUT2D eigenvalue weighted by Crippen LogP contribution is -2.17. The molecule has 2 rings (SSSR count). The van der Waals surface area contributed by atoms with Crippen molar-refractivity contribution in [2.45, 2.75) is 34.2 Å². The van der Waals surface area contributed by atoms with Crippen molar-refractivity contribution in [2.24, 2.45) is 5.41 Å². The predicted molar refractivity (Wildman–Crippen MR) is 70.9 cm³/mol. The molecule has 1 N–H and O–H groups in total. The highest BCUT2D eigenvalue weighted by molar-refractivity contribution is 6.01. The van der Waals surface area contributed by atoms with Gasteiger partial charge in [-0.15, -0.1) is 0 Å². The number of carbonyl (C=O) groups is 1. The molecule has 0 aliphatic heterocycles. The van der Waals surface area contributed by atoms with Crippen LogP contribution in [0.2, 0.25) is 0 Å². The van der Waals surface area contributed by atoms with Gasteiger partial charge in [-0.2, -0.15) is 0 Å².